The molecule has 0 bridgehead atoms. The summed E-state index contributed by atoms with van der Waals surface area (Å²) in [5, 5.41) is 46.6. The second-order valence-electron chi connectivity index (χ2n) is 16.6. The fourth-order valence-electron chi connectivity index (χ4n) is 6.71. The Morgan fingerprint density at radius 1 is 0.367 bits per heavy atom. The molecular formula is C45H52O4. The highest BCUT2D eigenvalue weighted by Gasteiger charge is 2.32. The number of aryl methyl sites for hydroxylation is 1. The quantitative estimate of drug-likeness (QED) is 0.137. The predicted molar refractivity (Wildman–Crippen MR) is 202 cm³/mol. The molecule has 5 rings (SSSR count). The summed E-state index contributed by atoms with van der Waals surface area (Å²) in [4.78, 5) is 0. The maximum Gasteiger partial charge on any atom is 0.120 e. The number of rotatable bonds is 6. The Balaban J connectivity index is 1.85. The van der Waals surface area contributed by atoms with Crippen molar-refractivity contribution in [3.63, 3.8) is 0 Å². The van der Waals surface area contributed by atoms with Crippen LogP contribution in [0, 0.1) is 6.92 Å². The van der Waals surface area contributed by atoms with Crippen LogP contribution in [0.25, 0.3) is 0 Å². The average Bonchev–Trinajstić information content (AvgIpc) is 3.00. The predicted octanol–water partition coefficient (Wildman–Crippen LogP) is 11.1. The van der Waals surface area contributed by atoms with E-state index in [2.05, 4.69) is 62.3 Å². The molecule has 0 fully saturated rings. The topological polar surface area (TPSA) is 80.9 Å². The van der Waals surface area contributed by atoms with Crippen LogP contribution in [0.2, 0.25) is 0 Å². The first-order valence-electron chi connectivity index (χ1n) is 17.2. The first-order chi connectivity index (χ1) is 22.8. The molecule has 0 aliphatic heterocycles. The molecule has 1 atom stereocenters. The van der Waals surface area contributed by atoms with Crippen molar-refractivity contribution in [3.05, 3.63) is 153 Å². The van der Waals surface area contributed by atoms with Crippen molar-refractivity contribution in [2.75, 3.05) is 0 Å². The summed E-state index contributed by atoms with van der Waals surface area (Å²) >= 11 is 0. The molecule has 0 amide bonds. The zero-order chi connectivity index (χ0) is 36.1. The molecule has 0 heterocycles. The number of hydrogen-bond acceptors (Lipinski definition) is 4. The fraction of sp³-hybridized carbons (Fsp3) is 0.333. The Morgan fingerprint density at radius 2 is 0.714 bits per heavy atom. The number of phenolic OH excluding ortho intramolecular Hbond substituents is 4. The lowest BCUT2D eigenvalue weighted by atomic mass is 9.74. The van der Waals surface area contributed by atoms with E-state index in [-0.39, 0.29) is 39.2 Å². The van der Waals surface area contributed by atoms with Crippen LogP contribution in [-0.4, -0.2) is 20.4 Å². The van der Waals surface area contributed by atoms with E-state index in [1.54, 1.807) is 6.07 Å². The van der Waals surface area contributed by atoms with Gasteiger partial charge in [0.15, 0.2) is 0 Å². The Labute approximate surface area is 292 Å². The molecule has 0 radical (unpaired) electrons. The van der Waals surface area contributed by atoms with Gasteiger partial charge in [0.2, 0.25) is 0 Å². The molecule has 256 valence electrons. The van der Waals surface area contributed by atoms with Gasteiger partial charge in [0.25, 0.3) is 0 Å². The number of phenols is 4. The number of aromatic hydroxyl groups is 4. The van der Waals surface area contributed by atoms with E-state index < -0.39 is 11.8 Å². The summed E-state index contributed by atoms with van der Waals surface area (Å²) < 4.78 is 0. The number of hydrogen-bond donors (Lipinski definition) is 4. The molecule has 4 nitrogen and oxygen atoms in total. The van der Waals surface area contributed by atoms with E-state index >= 15 is 0 Å². The third-order valence-electron chi connectivity index (χ3n) is 9.73. The van der Waals surface area contributed by atoms with Crippen LogP contribution in [0.15, 0.2) is 97.1 Å². The van der Waals surface area contributed by atoms with Gasteiger partial charge in [0.1, 0.15) is 23.0 Å². The Hall–Kier alpha value is -4.70. The molecule has 0 spiro atoms. The largest absolute Gasteiger partial charge is 0.508 e. The van der Waals surface area contributed by atoms with Gasteiger partial charge in [-0.1, -0.05) is 141 Å². The summed E-state index contributed by atoms with van der Waals surface area (Å²) in [7, 11) is 0. The van der Waals surface area contributed by atoms with E-state index in [1.807, 2.05) is 97.9 Å². The van der Waals surface area contributed by atoms with Crippen molar-refractivity contribution in [2.24, 2.45) is 0 Å². The molecule has 1 unspecified atom stereocenters. The summed E-state index contributed by atoms with van der Waals surface area (Å²) in [5.74, 6) is -0.613. The van der Waals surface area contributed by atoms with Crippen LogP contribution in [0.4, 0.5) is 0 Å². The Bertz CT molecular complexity index is 1920. The van der Waals surface area contributed by atoms with Crippen LogP contribution >= 0.6 is 0 Å². The van der Waals surface area contributed by atoms with Gasteiger partial charge in [0.05, 0.1) is 0 Å². The molecule has 4 heteroatoms. The number of benzene rings is 5. The van der Waals surface area contributed by atoms with E-state index in [0.717, 1.165) is 33.4 Å². The molecule has 5 aromatic rings. The molecule has 0 saturated carbocycles. The molecule has 0 aliphatic rings. The molecule has 0 saturated heterocycles. The second kappa shape index (κ2) is 13.0. The SMILES string of the molecule is Cc1ccc(O)c(C(c2ccc(C(C)(C)C)cc2O)c2ccccc2C(c2ccc(C(C)(C)C)cc2O)c2ccc(C(C)(C)C)cc2O)c1. The van der Waals surface area contributed by atoms with Gasteiger partial charge < -0.3 is 20.4 Å². The summed E-state index contributed by atoms with van der Waals surface area (Å²) in [5.41, 5.74) is 7.74. The van der Waals surface area contributed by atoms with Crippen molar-refractivity contribution < 1.29 is 20.4 Å². The van der Waals surface area contributed by atoms with Gasteiger partial charge in [-0.25, -0.2) is 0 Å². The van der Waals surface area contributed by atoms with Crippen molar-refractivity contribution >= 4 is 0 Å². The molecule has 4 N–H and O–H groups in total. The van der Waals surface area contributed by atoms with Gasteiger partial charge in [-0.15, -0.1) is 0 Å². The third kappa shape index (κ3) is 7.34. The van der Waals surface area contributed by atoms with E-state index in [0.29, 0.717) is 22.3 Å². The lowest BCUT2D eigenvalue weighted by Gasteiger charge is -2.30. The summed E-state index contributed by atoms with van der Waals surface area (Å²) in [6, 6.07) is 31.0. The van der Waals surface area contributed by atoms with Gasteiger partial charge in [-0.05, 0) is 75.3 Å². The van der Waals surface area contributed by atoms with Crippen molar-refractivity contribution in [2.45, 2.75) is 97.3 Å². The lowest BCUT2D eigenvalue weighted by Crippen LogP contribution is -2.15. The minimum atomic E-state index is -0.579. The van der Waals surface area contributed by atoms with Crippen LogP contribution in [0.1, 0.15) is 130 Å². The smallest absolute Gasteiger partial charge is 0.120 e. The van der Waals surface area contributed by atoms with Crippen LogP contribution in [0.5, 0.6) is 23.0 Å². The Morgan fingerprint density at radius 3 is 1.04 bits per heavy atom. The van der Waals surface area contributed by atoms with Gasteiger partial charge in [0, 0.05) is 34.1 Å². The van der Waals surface area contributed by atoms with Crippen LogP contribution in [0.3, 0.4) is 0 Å². The average molecular weight is 657 g/mol. The highest BCUT2D eigenvalue weighted by Crippen LogP contribution is 2.49. The van der Waals surface area contributed by atoms with Crippen molar-refractivity contribution in [1.82, 2.24) is 0 Å². The normalized spacial score (nSPS) is 13.1. The minimum Gasteiger partial charge on any atom is -0.508 e. The van der Waals surface area contributed by atoms with Gasteiger partial charge in [-0.2, -0.15) is 0 Å². The zero-order valence-corrected chi connectivity index (χ0v) is 30.7. The first-order valence-corrected chi connectivity index (χ1v) is 17.2. The molecule has 0 aromatic heterocycles. The maximum atomic E-state index is 11.8. The van der Waals surface area contributed by atoms with Crippen molar-refractivity contribution in [1.29, 1.82) is 0 Å². The zero-order valence-electron chi connectivity index (χ0n) is 30.7. The van der Waals surface area contributed by atoms with Gasteiger partial charge >= 0.3 is 0 Å². The van der Waals surface area contributed by atoms with E-state index in [9.17, 15) is 20.4 Å². The lowest BCUT2D eigenvalue weighted by molar-refractivity contribution is 0.452. The highest BCUT2D eigenvalue weighted by molar-refractivity contribution is 5.61. The first kappa shape index (κ1) is 35.6. The minimum absolute atomic E-state index is 0.121. The molecule has 5 aromatic carbocycles. The van der Waals surface area contributed by atoms with E-state index in [1.165, 1.54) is 0 Å². The van der Waals surface area contributed by atoms with Crippen molar-refractivity contribution in [3.8, 4) is 23.0 Å². The fourth-order valence-corrected chi connectivity index (χ4v) is 6.71. The highest BCUT2D eigenvalue weighted by atomic mass is 16.3. The Kier molecular flexibility index (Phi) is 9.42. The monoisotopic (exact) mass is 656 g/mol. The van der Waals surface area contributed by atoms with E-state index in [4.69, 9.17) is 0 Å². The maximum absolute atomic E-state index is 11.8. The second-order valence-corrected chi connectivity index (χ2v) is 16.6. The molecule has 0 aliphatic carbocycles. The van der Waals surface area contributed by atoms with Crippen LogP contribution < -0.4 is 0 Å². The molecular weight excluding hydrogens is 604 g/mol. The molecule has 49 heavy (non-hydrogen) atoms. The van der Waals surface area contributed by atoms with Gasteiger partial charge in [-0.3, -0.25) is 0 Å². The third-order valence-corrected chi connectivity index (χ3v) is 9.73. The standard InChI is InChI=1S/C45H52O4/c1-27-15-22-37(46)36(23-27)42(35-21-18-30(26-40(35)49)45(8,9)10)32-14-12-11-13-31(32)41(33-19-16-28(24-38(33)47)43(2,3)4)34-20-17-29(25-39(34)48)44(5,6)7/h11-26,41-42,46-49H,1-10H3. The summed E-state index contributed by atoms with van der Waals surface area (Å²) in [6.07, 6.45) is 0. The summed E-state index contributed by atoms with van der Waals surface area (Å²) in [6.45, 7) is 21.0. The van der Waals surface area contributed by atoms with Crippen LogP contribution in [-0.2, 0) is 16.2 Å².